The fourth-order valence-electron chi connectivity index (χ4n) is 1.78. The van der Waals surface area contributed by atoms with Crippen LogP contribution in [0.1, 0.15) is 5.56 Å². The number of hydrogen-bond donors (Lipinski definition) is 1. The van der Waals surface area contributed by atoms with Crippen molar-refractivity contribution in [3.8, 4) is 0 Å². The summed E-state index contributed by atoms with van der Waals surface area (Å²) in [5, 5.41) is 13.3. The van der Waals surface area contributed by atoms with E-state index in [1.807, 2.05) is 25.1 Å². The van der Waals surface area contributed by atoms with E-state index in [-0.39, 0.29) is 17.3 Å². The fourth-order valence-corrected chi connectivity index (χ4v) is 3.07. The number of nitro groups is 1. The van der Waals surface area contributed by atoms with Gasteiger partial charge in [0.25, 0.3) is 5.69 Å². The number of aryl methyl sites for hydroxylation is 1. The SMILES string of the molecule is Cc1cc(Br)ccc1SCC(=O)Nc1ccc([N+](=O)[O-])cc1. The summed E-state index contributed by atoms with van der Waals surface area (Å²) in [5.41, 5.74) is 1.64. The Bertz CT molecular complexity index is 704. The number of nitrogens with one attached hydrogen (secondary N) is 1. The van der Waals surface area contributed by atoms with Crippen molar-refractivity contribution in [1.82, 2.24) is 0 Å². The van der Waals surface area contributed by atoms with Gasteiger partial charge in [0.15, 0.2) is 0 Å². The minimum Gasteiger partial charge on any atom is -0.325 e. The molecule has 2 aromatic carbocycles. The molecule has 2 aromatic rings. The fraction of sp³-hybridized carbons (Fsp3) is 0.133. The van der Waals surface area contributed by atoms with Gasteiger partial charge in [0.2, 0.25) is 5.91 Å². The average molecular weight is 381 g/mol. The van der Waals surface area contributed by atoms with Crippen molar-refractivity contribution < 1.29 is 9.72 Å². The molecule has 5 nitrogen and oxygen atoms in total. The van der Waals surface area contributed by atoms with E-state index in [1.165, 1.54) is 36.0 Å². The maximum atomic E-state index is 11.9. The third kappa shape index (κ3) is 4.57. The number of thioether (sulfide) groups is 1. The lowest BCUT2D eigenvalue weighted by molar-refractivity contribution is -0.384. The second kappa shape index (κ2) is 7.42. The van der Waals surface area contributed by atoms with Crippen LogP contribution in [0, 0.1) is 17.0 Å². The van der Waals surface area contributed by atoms with Crippen molar-refractivity contribution >= 4 is 45.0 Å². The smallest absolute Gasteiger partial charge is 0.269 e. The summed E-state index contributed by atoms with van der Waals surface area (Å²) >= 11 is 4.85. The van der Waals surface area contributed by atoms with E-state index in [0.29, 0.717) is 5.69 Å². The predicted molar refractivity (Wildman–Crippen MR) is 91.3 cm³/mol. The Kier molecular flexibility index (Phi) is 5.57. The first-order valence-electron chi connectivity index (χ1n) is 6.39. The first kappa shape index (κ1) is 16.5. The zero-order chi connectivity index (χ0) is 16.1. The van der Waals surface area contributed by atoms with E-state index in [4.69, 9.17) is 0 Å². The minimum atomic E-state index is -0.474. The van der Waals surface area contributed by atoms with Crippen LogP contribution in [-0.4, -0.2) is 16.6 Å². The molecule has 0 spiro atoms. The molecular weight excluding hydrogens is 368 g/mol. The lowest BCUT2D eigenvalue weighted by atomic mass is 10.2. The van der Waals surface area contributed by atoms with Crippen LogP contribution < -0.4 is 5.32 Å². The Hall–Kier alpha value is -1.86. The zero-order valence-corrected chi connectivity index (χ0v) is 14.1. The highest BCUT2D eigenvalue weighted by Gasteiger charge is 2.08. The normalized spacial score (nSPS) is 10.3. The number of nitrogens with zero attached hydrogens (tertiary/aromatic N) is 1. The molecule has 0 fully saturated rings. The van der Waals surface area contributed by atoms with Gasteiger partial charge in [0.05, 0.1) is 10.7 Å². The highest BCUT2D eigenvalue weighted by molar-refractivity contribution is 9.10. The molecule has 0 heterocycles. The van der Waals surface area contributed by atoms with E-state index < -0.39 is 4.92 Å². The van der Waals surface area contributed by atoms with Crippen molar-refractivity contribution in [2.45, 2.75) is 11.8 Å². The van der Waals surface area contributed by atoms with Crippen molar-refractivity contribution in [3.63, 3.8) is 0 Å². The molecule has 22 heavy (non-hydrogen) atoms. The van der Waals surface area contributed by atoms with Crippen LogP contribution in [0.25, 0.3) is 0 Å². The van der Waals surface area contributed by atoms with Crippen molar-refractivity contribution in [1.29, 1.82) is 0 Å². The third-order valence-electron chi connectivity index (χ3n) is 2.86. The van der Waals surface area contributed by atoms with Gasteiger partial charge < -0.3 is 5.32 Å². The summed E-state index contributed by atoms with van der Waals surface area (Å²) in [6.07, 6.45) is 0. The van der Waals surface area contributed by atoms with E-state index >= 15 is 0 Å². The van der Waals surface area contributed by atoms with E-state index in [0.717, 1.165) is 14.9 Å². The quantitative estimate of drug-likeness (QED) is 0.474. The summed E-state index contributed by atoms with van der Waals surface area (Å²) < 4.78 is 1.00. The molecule has 114 valence electrons. The van der Waals surface area contributed by atoms with Crippen LogP contribution in [0.3, 0.4) is 0 Å². The minimum absolute atomic E-state index is 0.00198. The van der Waals surface area contributed by atoms with Crippen LogP contribution in [0.15, 0.2) is 51.8 Å². The van der Waals surface area contributed by atoms with Crippen molar-refractivity contribution in [2.24, 2.45) is 0 Å². The molecule has 0 saturated heterocycles. The van der Waals surface area contributed by atoms with E-state index in [1.54, 1.807) is 0 Å². The number of rotatable bonds is 5. The van der Waals surface area contributed by atoms with Crippen LogP contribution in [-0.2, 0) is 4.79 Å². The zero-order valence-electron chi connectivity index (χ0n) is 11.7. The number of nitro benzene ring substituents is 1. The van der Waals surface area contributed by atoms with Crippen molar-refractivity contribution in [2.75, 3.05) is 11.1 Å². The number of carbonyl (C=O) groups excluding carboxylic acids is 1. The van der Waals surface area contributed by atoms with Gasteiger partial charge in [-0.15, -0.1) is 11.8 Å². The molecule has 0 atom stereocenters. The van der Waals surface area contributed by atoms with Gasteiger partial charge in [0.1, 0.15) is 0 Å². The first-order valence-corrected chi connectivity index (χ1v) is 8.17. The Morgan fingerprint density at radius 1 is 1.27 bits per heavy atom. The van der Waals surface area contributed by atoms with Crippen LogP contribution in [0.2, 0.25) is 0 Å². The highest BCUT2D eigenvalue weighted by Crippen LogP contribution is 2.25. The molecule has 0 aliphatic heterocycles. The molecule has 0 bridgehead atoms. The largest absolute Gasteiger partial charge is 0.325 e. The maximum Gasteiger partial charge on any atom is 0.269 e. The maximum absolute atomic E-state index is 11.9. The number of benzene rings is 2. The van der Waals surface area contributed by atoms with Gasteiger partial charge in [-0.2, -0.15) is 0 Å². The lowest BCUT2D eigenvalue weighted by Crippen LogP contribution is -2.14. The summed E-state index contributed by atoms with van der Waals surface area (Å²) in [7, 11) is 0. The van der Waals surface area contributed by atoms with E-state index in [2.05, 4.69) is 21.2 Å². The number of carbonyl (C=O) groups is 1. The first-order chi connectivity index (χ1) is 10.5. The van der Waals surface area contributed by atoms with Crippen LogP contribution in [0.5, 0.6) is 0 Å². The Balaban J connectivity index is 1.91. The summed E-state index contributed by atoms with van der Waals surface area (Å²) in [6.45, 7) is 1.99. The Morgan fingerprint density at radius 3 is 2.55 bits per heavy atom. The molecule has 0 radical (unpaired) electrons. The van der Waals surface area contributed by atoms with Crippen molar-refractivity contribution in [3.05, 3.63) is 62.6 Å². The van der Waals surface area contributed by atoms with Gasteiger partial charge in [-0.05, 0) is 42.8 Å². The molecule has 1 amide bonds. The molecule has 0 aliphatic rings. The molecule has 0 aromatic heterocycles. The molecule has 0 saturated carbocycles. The molecule has 1 N–H and O–H groups in total. The van der Waals surface area contributed by atoms with Gasteiger partial charge >= 0.3 is 0 Å². The molecular formula is C15H13BrN2O3S. The molecule has 7 heteroatoms. The molecule has 0 unspecified atom stereocenters. The summed E-state index contributed by atoms with van der Waals surface area (Å²) in [6, 6.07) is 11.7. The average Bonchev–Trinajstić information content (AvgIpc) is 2.47. The van der Waals surface area contributed by atoms with Gasteiger partial charge in [-0.1, -0.05) is 15.9 Å². The monoisotopic (exact) mass is 380 g/mol. The van der Waals surface area contributed by atoms with E-state index in [9.17, 15) is 14.9 Å². The topological polar surface area (TPSA) is 72.2 Å². The predicted octanol–water partition coefficient (Wildman–Crippen LogP) is 4.40. The number of hydrogen-bond acceptors (Lipinski definition) is 4. The second-order valence-electron chi connectivity index (χ2n) is 4.55. The van der Waals surface area contributed by atoms with Gasteiger partial charge in [0, 0.05) is 27.2 Å². The lowest BCUT2D eigenvalue weighted by Gasteiger charge is -2.07. The standard InChI is InChI=1S/C15H13BrN2O3S/c1-10-8-11(16)2-7-14(10)22-9-15(19)17-12-3-5-13(6-4-12)18(20)21/h2-8H,9H2,1H3,(H,17,19). The summed E-state index contributed by atoms with van der Waals surface area (Å²) in [4.78, 5) is 23.0. The number of halogens is 1. The highest BCUT2D eigenvalue weighted by atomic mass is 79.9. The molecule has 0 aliphatic carbocycles. The second-order valence-corrected chi connectivity index (χ2v) is 6.48. The number of amides is 1. The Morgan fingerprint density at radius 2 is 1.95 bits per heavy atom. The van der Waals surface area contributed by atoms with Crippen LogP contribution >= 0.6 is 27.7 Å². The Labute approximate surface area is 140 Å². The molecule has 2 rings (SSSR count). The summed E-state index contributed by atoms with van der Waals surface area (Å²) in [5.74, 6) is 0.126. The third-order valence-corrected chi connectivity index (χ3v) is 4.53. The van der Waals surface area contributed by atoms with Gasteiger partial charge in [-0.3, -0.25) is 14.9 Å². The van der Waals surface area contributed by atoms with Crippen LogP contribution in [0.4, 0.5) is 11.4 Å². The number of anilines is 1. The van der Waals surface area contributed by atoms with Gasteiger partial charge in [-0.25, -0.2) is 0 Å². The number of non-ortho nitro benzene ring substituents is 1.